The predicted molar refractivity (Wildman–Crippen MR) is 65.6 cm³/mol. The highest BCUT2D eigenvalue weighted by atomic mass is 16.5. The van der Waals surface area contributed by atoms with Gasteiger partial charge in [-0.25, -0.2) is 4.79 Å². The molecule has 1 aliphatic rings. The number of benzene rings is 1. The Labute approximate surface area is 101 Å². The third-order valence-electron chi connectivity index (χ3n) is 2.98. The van der Waals surface area contributed by atoms with Gasteiger partial charge in [0.05, 0.1) is 24.8 Å². The van der Waals surface area contributed by atoms with E-state index in [-0.39, 0.29) is 0 Å². The highest BCUT2D eigenvalue weighted by Gasteiger charge is 2.28. The first kappa shape index (κ1) is 11.9. The van der Waals surface area contributed by atoms with Gasteiger partial charge in [0.15, 0.2) is 0 Å². The van der Waals surface area contributed by atoms with Crippen molar-refractivity contribution in [2.24, 2.45) is 0 Å². The van der Waals surface area contributed by atoms with E-state index in [0.717, 1.165) is 18.9 Å². The lowest BCUT2D eigenvalue weighted by Gasteiger charge is -2.41. The Kier molecular flexibility index (Phi) is 3.33. The molecule has 1 heterocycles. The second-order valence-corrected chi connectivity index (χ2v) is 4.54. The van der Waals surface area contributed by atoms with E-state index in [1.54, 1.807) is 12.1 Å². The monoisotopic (exact) mass is 235 g/mol. The molecule has 1 aromatic rings. The fraction of sp³-hybridized carbons (Fsp3) is 0.462. The van der Waals surface area contributed by atoms with Gasteiger partial charge in [0.2, 0.25) is 0 Å². The zero-order valence-electron chi connectivity index (χ0n) is 10.1. The second kappa shape index (κ2) is 4.75. The molecule has 0 aromatic heterocycles. The van der Waals surface area contributed by atoms with Gasteiger partial charge in [-0.1, -0.05) is 0 Å². The van der Waals surface area contributed by atoms with Crippen molar-refractivity contribution in [2.75, 3.05) is 18.1 Å². The van der Waals surface area contributed by atoms with Crippen LogP contribution in [-0.2, 0) is 4.74 Å². The summed E-state index contributed by atoms with van der Waals surface area (Å²) in [6.07, 6.45) is 0. The molecule has 1 aromatic carbocycles. The molecule has 1 saturated heterocycles. The molecule has 0 radical (unpaired) electrons. The molecule has 0 atom stereocenters. The van der Waals surface area contributed by atoms with Crippen molar-refractivity contribution in [3.8, 4) is 0 Å². The van der Waals surface area contributed by atoms with E-state index in [2.05, 4.69) is 18.7 Å². The molecule has 1 fully saturated rings. The summed E-state index contributed by atoms with van der Waals surface area (Å²) in [7, 11) is 0. The summed E-state index contributed by atoms with van der Waals surface area (Å²) in [4.78, 5) is 13.1. The van der Waals surface area contributed by atoms with Crippen molar-refractivity contribution in [3.05, 3.63) is 29.8 Å². The number of nitrogens with zero attached hydrogens (tertiary/aromatic N) is 1. The number of hydrogen-bond donors (Lipinski definition) is 1. The van der Waals surface area contributed by atoms with Crippen LogP contribution in [0, 0.1) is 0 Å². The molecule has 0 bridgehead atoms. The molecular formula is C13H17NO3. The van der Waals surface area contributed by atoms with Crippen LogP contribution in [0.5, 0.6) is 0 Å². The van der Waals surface area contributed by atoms with Gasteiger partial charge in [-0.05, 0) is 38.1 Å². The molecule has 0 spiro atoms. The summed E-state index contributed by atoms with van der Waals surface area (Å²) in [6, 6.07) is 7.80. The Morgan fingerprint density at radius 2 is 1.94 bits per heavy atom. The van der Waals surface area contributed by atoms with Crippen LogP contribution in [0.4, 0.5) is 5.69 Å². The van der Waals surface area contributed by atoms with Gasteiger partial charge in [-0.15, -0.1) is 0 Å². The van der Waals surface area contributed by atoms with Gasteiger partial charge >= 0.3 is 5.97 Å². The minimum absolute atomic E-state index is 0.322. The van der Waals surface area contributed by atoms with E-state index in [9.17, 15) is 4.79 Å². The Bertz CT molecular complexity index is 396. The molecular weight excluding hydrogens is 218 g/mol. The van der Waals surface area contributed by atoms with Crippen molar-refractivity contribution in [1.29, 1.82) is 0 Å². The maximum Gasteiger partial charge on any atom is 0.335 e. The standard InChI is InChI=1S/C13H17NO3/c1-9(2)14(12-7-17-8-12)11-5-3-10(4-6-11)13(15)16/h3-6,9,12H,7-8H2,1-2H3,(H,15,16). The van der Waals surface area contributed by atoms with Crippen LogP contribution in [0.15, 0.2) is 24.3 Å². The number of hydrogen-bond acceptors (Lipinski definition) is 3. The van der Waals surface area contributed by atoms with E-state index in [1.165, 1.54) is 0 Å². The highest BCUT2D eigenvalue weighted by molar-refractivity contribution is 5.88. The van der Waals surface area contributed by atoms with E-state index >= 15 is 0 Å². The van der Waals surface area contributed by atoms with Crippen molar-refractivity contribution in [2.45, 2.75) is 25.9 Å². The predicted octanol–water partition coefficient (Wildman–Crippen LogP) is 2.00. The fourth-order valence-electron chi connectivity index (χ4n) is 2.09. The lowest BCUT2D eigenvalue weighted by atomic mass is 10.1. The first-order chi connectivity index (χ1) is 8.09. The van der Waals surface area contributed by atoms with Crippen molar-refractivity contribution in [3.63, 3.8) is 0 Å². The lowest BCUT2D eigenvalue weighted by Crippen LogP contribution is -2.52. The van der Waals surface area contributed by atoms with Crippen molar-refractivity contribution < 1.29 is 14.6 Å². The fourth-order valence-corrected chi connectivity index (χ4v) is 2.09. The lowest BCUT2D eigenvalue weighted by molar-refractivity contribution is 0.00578. The average molecular weight is 235 g/mol. The molecule has 4 heteroatoms. The quantitative estimate of drug-likeness (QED) is 0.867. The Morgan fingerprint density at radius 1 is 1.35 bits per heavy atom. The molecule has 2 rings (SSSR count). The van der Waals surface area contributed by atoms with Gasteiger partial charge in [0.25, 0.3) is 0 Å². The summed E-state index contributed by atoms with van der Waals surface area (Å²) >= 11 is 0. The number of carboxylic acids is 1. The SMILES string of the molecule is CC(C)N(c1ccc(C(=O)O)cc1)C1COC1. The van der Waals surface area contributed by atoms with E-state index in [4.69, 9.17) is 9.84 Å². The molecule has 0 saturated carbocycles. The number of rotatable bonds is 4. The zero-order chi connectivity index (χ0) is 12.4. The van der Waals surface area contributed by atoms with Crippen LogP contribution >= 0.6 is 0 Å². The van der Waals surface area contributed by atoms with Crippen molar-refractivity contribution in [1.82, 2.24) is 0 Å². The van der Waals surface area contributed by atoms with Crippen LogP contribution in [-0.4, -0.2) is 36.4 Å². The second-order valence-electron chi connectivity index (χ2n) is 4.54. The summed E-state index contributed by atoms with van der Waals surface area (Å²) in [5, 5.41) is 8.86. The minimum Gasteiger partial charge on any atom is -0.478 e. The molecule has 17 heavy (non-hydrogen) atoms. The summed E-state index contributed by atoms with van der Waals surface area (Å²) < 4.78 is 5.21. The average Bonchev–Trinajstić information content (AvgIpc) is 2.23. The summed E-state index contributed by atoms with van der Waals surface area (Å²) in [5.74, 6) is -0.889. The minimum atomic E-state index is -0.889. The first-order valence-corrected chi connectivity index (χ1v) is 5.79. The molecule has 4 nitrogen and oxygen atoms in total. The smallest absolute Gasteiger partial charge is 0.335 e. The number of anilines is 1. The van der Waals surface area contributed by atoms with E-state index in [0.29, 0.717) is 17.6 Å². The highest BCUT2D eigenvalue weighted by Crippen LogP contribution is 2.24. The third kappa shape index (κ3) is 2.42. The largest absolute Gasteiger partial charge is 0.478 e. The third-order valence-corrected chi connectivity index (χ3v) is 2.98. The van der Waals surface area contributed by atoms with E-state index < -0.39 is 5.97 Å². The maximum absolute atomic E-state index is 10.8. The van der Waals surface area contributed by atoms with Crippen LogP contribution in [0.1, 0.15) is 24.2 Å². The molecule has 0 aliphatic carbocycles. The van der Waals surface area contributed by atoms with Crippen LogP contribution < -0.4 is 4.90 Å². The van der Waals surface area contributed by atoms with Gasteiger partial charge in [-0.2, -0.15) is 0 Å². The number of carbonyl (C=O) groups is 1. The van der Waals surface area contributed by atoms with Gasteiger partial charge < -0.3 is 14.7 Å². The van der Waals surface area contributed by atoms with Gasteiger partial charge in [0, 0.05) is 11.7 Å². The molecule has 0 amide bonds. The summed E-state index contributed by atoms with van der Waals surface area (Å²) in [6.45, 7) is 5.75. The van der Waals surface area contributed by atoms with E-state index in [1.807, 2.05) is 12.1 Å². The summed E-state index contributed by atoms with van der Waals surface area (Å²) in [5.41, 5.74) is 1.38. The van der Waals surface area contributed by atoms with Gasteiger partial charge in [0.1, 0.15) is 0 Å². The number of carboxylic acid groups (broad SMARTS) is 1. The number of aromatic carboxylic acids is 1. The molecule has 1 N–H and O–H groups in total. The van der Waals surface area contributed by atoms with Crippen LogP contribution in [0.3, 0.4) is 0 Å². The number of ether oxygens (including phenoxy) is 1. The first-order valence-electron chi connectivity index (χ1n) is 5.79. The Balaban J connectivity index is 2.20. The maximum atomic E-state index is 10.8. The van der Waals surface area contributed by atoms with Crippen LogP contribution in [0.2, 0.25) is 0 Å². The Hall–Kier alpha value is -1.55. The van der Waals surface area contributed by atoms with Crippen molar-refractivity contribution >= 4 is 11.7 Å². The molecule has 92 valence electrons. The normalized spacial score (nSPS) is 15.7. The molecule has 0 unspecified atom stereocenters. The molecule has 1 aliphatic heterocycles. The zero-order valence-corrected chi connectivity index (χ0v) is 10.1. The Morgan fingerprint density at radius 3 is 2.29 bits per heavy atom. The van der Waals surface area contributed by atoms with Crippen LogP contribution in [0.25, 0.3) is 0 Å². The van der Waals surface area contributed by atoms with Gasteiger partial charge in [-0.3, -0.25) is 0 Å². The topological polar surface area (TPSA) is 49.8 Å².